The van der Waals surface area contributed by atoms with Gasteiger partial charge in [-0.25, -0.2) is 4.79 Å². The summed E-state index contributed by atoms with van der Waals surface area (Å²) in [7, 11) is 0. The number of rotatable bonds is 3. The average molecular weight is 394 g/mol. The van der Waals surface area contributed by atoms with Gasteiger partial charge in [0.05, 0.1) is 0 Å². The van der Waals surface area contributed by atoms with Crippen LogP contribution in [0.4, 0.5) is 10.5 Å². The number of urea groups is 1. The van der Waals surface area contributed by atoms with Gasteiger partial charge in [0.25, 0.3) is 0 Å². The largest absolute Gasteiger partial charge is 0.325 e. The molecule has 5 heteroatoms. The SMILES string of the molecule is CC1CCCN(CC2CCN(C(=O)Nc3ccc(Br)cc3)CC2)C1. The molecule has 0 bridgehead atoms. The molecule has 1 aromatic rings. The van der Waals surface area contributed by atoms with Crippen molar-refractivity contribution in [2.45, 2.75) is 32.6 Å². The Labute approximate surface area is 153 Å². The number of likely N-dealkylation sites (tertiary alicyclic amines) is 2. The predicted molar refractivity (Wildman–Crippen MR) is 102 cm³/mol. The number of nitrogens with one attached hydrogen (secondary N) is 1. The Hall–Kier alpha value is -1.07. The van der Waals surface area contributed by atoms with Crippen molar-refractivity contribution in [2.75, 3.05) is 38.0 Å². The molecule has 0 spiro atoms. The number of piperidine rings is 2. The molecule has 1 unspecified atom stereocenters. The van der Waals surface area contributed by atoms with Gasteiger partial charge in [-0.05, 0) is 68.3 Å². The number of anilines is 1. The van der Waals surface area contributed by atoms with Crippen LogP contribution >= 0.6 is 15.9 Å². The Morgan fingerprint density at radius 3 is 2.54 bits per heavy atom. The van der Waals surface area contributed by atoms with Crippen LogP contribution in [-0.4, -0.2) is 48.6 Å². The van der Waals surface area contributed by atoms with Crippen molar-refractivity contribution in [3.63, 3.8) is 0 Å². The molecule has 2 fully saturated rings. The van der Waals surface area contributed by atoms with Crippen LogP contribution < -0.4 is 5.32 Å². The van der Waals surface area contributed by atoms with Gasteiger partial charge in [-0.15, -0.1) is 0 Å². The molecule has 1 N–H and O–H groups in total. The Bertz CT molecular complexity index is 540. The Morgan fingerprint density at radius 1 is 1.17 bits per heavy atom. The van der Waals surface area contributed by atoms with Gasteiger partial charge in [-0.2, -0.15) is 0 Å². The number of amides is 2. The molecule has 2 saturated heterocycles. The first-order valence-electron chi connectivity index (χ1n) is 9.14. The predicted octanol–water partition coefficient (Wildman–Crippen LogP) is 4.42. The van der Waals surface area contributed by atoms with Gasteiger partial charge < -0.3 is 15.1 Å². The van der Waals surface area contributed by atoms with E-state index >= 15 is 0 Å². The lowest BCUT2D eigenvalue weighted by atomic mass is 9.94. The van der Waals surface area contributed by atoms with Gasteiger partial charge in [0, 0.05) is 36.3 Å². The lowest BCUT2D eigenvalue weighted by molar-refractivity contribution is 0.125. The molecule has 2 aliphatic heterocycles. The summed E-state index contributed by atoms with van der Waals surface area (Å²) in [5.41, 5.74) is 0.854. The lowest BCUT2D eigenvalue weighted by Crippen LogP contribution is -2.44. The van der Waals surface area contributed by atoms with Crippen molar-refractivity contribution < 1.29 is 4.79 Å². The van der Waals surface area contributed by atoms with Crippen LogP contribution in [-0.2, 0) is 0 Å². The summed E-state index contributed by atoms with van der Waals surface area (Å²) in [5.74, 6) is 1.59. The van der Waals surface area contributed by atoms with Crippen molar-refractivity contribution in [1.29, 1.82) is 0 Å². The van der Waals surface area contributed by atoms with E-state index in [-0.39, 0.29) is 6.03 Å². The maximum Gasteiger partial charge on any atom is 0.321 e. The highest BCUT2D eigenvalue weighted by Crippen LogP contribution is 2.23. The van der Waals surface area contributed by atoms with Gasteiger partial charge in [0.1, 0.15) is 0 Å². The molecule has 1 aromatic carbocycles. The first-order valence-corrected chi connectivity index (χ1v) is 9.93. The van der Waals surface area contributed by atoms with E-state index in [1.54, 1.807) is 0 Å². The molecule has 0 saturated carbocycles. The fourth-order valence-electron chi connectivity index (χ4n) is 3.87. The molecule has 0 aromatic heterocycles. The topological polar surface area (TPSA) is 35.6 Å². The standard InChI is InChI=1S/C19H28BrN3O/c1-15-3-2-10-22(13-15)14-16-8-11-23(12-9-16)19(24)21-18-6-4-17(20)5-7-18/h4-7,15-16H,2-3,8-14H2,1H3,(H,21,24). The highest BCUT2D eigenvalue weighted by atomic mass is 79.9. The molecular formula is C19H28BrN3O. The van der Waals surface area contributed by atoms with E-state index in [2.05, 4.69) is 33.1 Å². The average Bonchev–Trinajstić information content (AvgIpc) is 2.57. The monoisotopic (exact) mass is 393 g/mol. The van der Waals surface area contributed by atoms with Crippen molar-refractivity contribution >= 4 is 27.6 Å². The van der Waals surface area contributed by atoms with Crippen molar-refractivity contribution in [3.05, 3.63) is 28.7 Å². The van der Waals surface area contributed by atoms with Crippen LogP contribution in [0.25, 0.3) is 0 Å². The van der Waals surface area contributed by atoms with E-state index in [1.807, 2.05) is 29.2 Å². The summed E-state index contributed by atoms with van der Waals surface area (Å²) in [6.07, 6.45) is 4.97. The Kier molecular flexibility index (Phi) is 6.17. The van der Waals surface area contributed by atoms with Gasteiger partial charge in [0.15, 0.2) is 0 Å². The fraction of sp³-hybridized carbons (Fsp3) is 0.632. The van der Waals surface area contributed by atoms with Gasteiger partial charge in [0.2, 0.25) is 0 Å². The number of nitrogens with zero attached hydrogens (tertiary/aromatic N) is 2. The zero-order valence-corrected chi connectivity index (χ0v) is 16.1. The first kappa shape index (κ1) is 17.7. The van der Waals surface area contributed by atoms with Crippen molar-refractivity contribution in [3.8, 4) is 0 Å². The molecule has 3 rings (SSSR count). The fourth-order valence-corrected chi connectivity index (χ4v) is 4.14. The maximum atomic E-state index is 12.4. The first-order chi connectivity index (χ1) is 11.6. The minimum absolute atomic E-state index is 0.0300. The zero-order chi connectivity index (χ0) is 16.9. The Morgan fingerprint density at radius 2 is 1.88 bits per heavy atom. The van der Waals surface area contributed by atoms with E-state index in [0.717, 1.165) is 47.9 Å². The minimum Gasteiger partial charge on any atom is -0.325 e. The third-order valence-corrected chi connectivity index (χ3v) is 5.78. The van der Waals surface area contributed by atoms with Gasteiger partial charge in [-0.1, -0.05) is 22.9 Å². The van der Waals surface area contributed by atoms with Gasteiger partial charge >= 0.3 is 6.03 Å². The lowest BCUT2D eigenvalue weighted by Gasteiger charge is -2.37. The van der Waals surface area contributed by atoms with Crippen molar-refractivity contribution in [2.24, 2.45) is 11.8 Å². The second-order valence-electron chi connectivity index (χ2n) is 7.37. The maximum absolute atomic E-state index is 12.4. The summed E-state index contributed by atoms with van der Waals surface area (Å²) in [4.78, 5) is 17.0. The highest BCUT2D eigenvalue weighted by Gasteiger charge is 2.25. The number of carbonyl (C=O) groups excluding carboxylic acids is 1. The zero-order valence-electron chi connectivity index (χ0n) is 14.5. The van der Waals surface area contributed by atoms with Crippen LogP contribution in [0.15, 0.2) is 28.7 Å². The van der Waals surface area contributed by atoms with E-state index < -0.39 is 0 Å². The number of benzene rings is 1. The molecule has 0 aliphatic carbocycles. The minimum atomic E-state index is 0.0300. The summed E-state index contributed by atoms with van der Waals surface area (Å²) >= 11 is 3.41. The summed E-state index contributed by atoms with van der Waals surface area (Å²) in [6, 6.07) is 7.77. The quantitative estimate of drug-likeness (QED) is 0.824. The third kappa shape index (κ3) is 4.96. The van der Waals surface area contributed by atoms with Crippen molar-refractivity contribution in [1.82, 2.24) is 9.80 Å². The molecule has 24 heavy (non-hydrogen) atoms. The van der Waals surface area contributed by atoms with Crippen LogP contribution in [0.5, 0.6) is 0 Å². The second-order valence-corrected chi connectivity index (χ2v) is 8.29. The van der Waals surface area contributed by atoms with Gasteiger partial charge in [-0.3, -0.25) is 0 Å². The highest BCUT2D eigenvalue weighted by molar-refractivity contribution is 9.10. The molecule has 132 valence electrons. The van der Waals surface area contributed by atoms with Crippen LogP contribution in [0.1, 0.15) is 32.6 Å². The molecule has 2 amide bonds. The van der Waals surface area contributed by atoms with Crippen LogP contribution in [0.3, 0.4) is 0 Å². The number of hydrogen-bond donors (Lipinski definition) is 1. The van der Waals surface area contributed by atoms with E-state index in [1.165, 1.54) is 32.5 Å². The third-order valence-electron chi connectivity index (χ3n) is 5.25. The molecule has 4 nitrogen and oxygen atoms in total. The smallest absolute Gasteiger partial charge is 0.321 e. The van der Waals surface area contributed by atoms with E-state index in [0.29, 0.717) is 0 Å². The normalized spacial score (nSPS) is 23.2. The van der Waals surface area contributed by atoms with E-state index in [9.17, 15) is 4.79 Å². The molecule has 1 atom stereocenters. The second kappa shape index (κ2) is 8.34. The van der Waals surface area contributed by atoms with Crippen LogP contribution in [0.2, 0.25) is 0 Å². The van der Waals surface area contributed by atoms with Crippen LogP contribution in [0, 0.1) is 11.8 Å². The summed E-state index contributed by atoms with van der Waals surface area (Å²) in [6.45, 7) is 7.83. The molecule has 2 aliphatic rings. The number of halogens is 1. The molecular weight excluding hydrogens is 366 g/mol. The molecule has 0 radical (unpaired) electrons. The number of carbonyl (C=O) groups is 1. The Balaban J connectivity index is 1.42. The summed E-state index contributed by atoms with van der Waals surface area (Å²) < 4.78 is 1.02. The number of hydrogen-bond acceptors (Lipinski definition) is 2. The van der Waals surface area contributed by atoms with E-state index in [4.69, 9.17) is 0 Å². The molecule has 2 heterocycles. The summed E-state index contributed by atoms with van der Waals surface area (Å²) in [5, 5.41) is 3.00.